The fourth-order valence-corrected chi connectivity index (χ4v) is 19.7. The van der Waals surface area contributed by atoms with Gasteiger partial charge in [0.2, 0.25) is 10.0 Å². The second kappa shape index (κ2) is 29.7. The number of sulfonamides is 1. The predicted octanol–water partition coefficient (Wildman–Crippen LogP) is 13.0. The van der Waals surface area contributed by atoms with Gasteiger partial charge < -0.3 is 44.8 Å². The summed E-state index contributed by atoms with van der Waals surface area (Å²) in [5.41, 5.74) is 6.52. The molecule has 8 aliphatic heterocycles. The molecular weight excluding hydrogens is 1400 g/mol. The molecule has 0 saturated carbocycles. The molecule has 104 heavy (non-hydrogen) atoms. The van der Waals surface area contributed by atoms with E-state index in [0.29, 0.717) is 62.7 Å². The van der Waals surface area contributed by atoms with Crippen molar-refractivity contribution >= 4 is 118 Å². The minimum Gasteiger partial charge on any atom is -0.381 e. The number of amides is 5. The number of rotatable bonds is 11. The van der Waals surface area contributed by atoms with Gasteiger partial charge in [-0.05, 0) is 173 Å². The highest BCUT2D eigenvalue weighted by Gasteiger charge is 2.48. The van der Waals surface area contributed by atoms with Crippen molar-refractivity contribution in [3.05, 3.63) is 160 Å². The fourth-order valence-electron chi connectivity index (χ4n) is 16.7. The van der Waals surface area contributed by atoms with E-state index in [2.05, 4.69) is 127 Å². The van der Waals surface area contributed by atoms with Crippen LogP contribution in [0.5, 0.6) is 0 Å². The Morgan fingerprint density at radius 2 is 1.04 bits per heavy atom. The molecule has 5 amide bonds. The van der Waals surface area contributed by atoms with Crippen LogP contribution in [0.3, 0.4) is 0 Å². The number of benzene rings is 3. The SMILES string of the molecule is C=C(C)Nc1ccn(C(=O)N2CCC3(CCCN3C(=O)c3cc4ccc(C)cc4s3)CC2)n1.C=C(C)Nc1ccn(C(=O)N2CCC3(CCN(C(=O)c4cc5ccc(C)cc5s4)C3)CC2)n1.CS(=O)(=O)Nc1ccn(C(=O)N2CCC3(CCN(Cc4ccc(N5CC6COCC6C5)c(Cl)c4)C3)CC2)n1. The second-order valence-corrected chi connectivity index (χ2v) is 34.5. The number of aromatic nitrogens is 6. The summed E-state index contributed by atoms with van der Waals surface area (Å²) < 4.78 is 37.0. The van der Waals surface area contributed by atoms with Gasteiger partial charge in [0.25, 0.3) is 11.8 Å². The molecule has 28 heteroatoms. The van der Waals surface area contributed by atoms with Crippen LogP contribution in [0.1, 0.15) is 114 Å². The lowest BCUT2D eigenvalue weighted by Gasteiger charge is -2.44. The van der Waals surface area contributed by atoms with Crippen molar-refractivity contribution < 1.29 is 37.1 Å². The summed E-state index contributed by atoms with van der Waals surface area (Å²) in [4.78, 5) is 81.7. The number of allylic oxidation sites excluding steroid dienone is 2. The van der Waals surface area contributed by atoms with E-state index in [9.17, 15) is 32.4 Å². The third-order valence-corrected chi connectivity index (χ3v) is 25.4. The van der Waals surface area contributed by atoms with E-state index in [1.54, 1.807) is 47.2 Å². The highest BCUT2D eigenvalue weighted by Crippen LogP contribution is 2.45. The number of likely N-dealkylation sites (tertiary alicyclic amines) is 6. The number of ether oxygens (including phenoxy) is 1. The number of thiophene rings is 2. The van der Waals surface area contributed by atoms with Crippen LogP contribution in [0.2, 0.25) is 5.02 Å². The molecule has 8 aliphatic rings. The summed E-state index contributed by atoms with van der Waals surface area (Å²) in [5.74, 6) is 2.89. The van der Waals surface area contributed by atoms with E-state index >= 15 is 0 Å². The molecule has 2 atom stereocenters. The molecule has 0 aliphatic carbocycles. The first-order valence-electron chi connectivity index (χ1n) is 36.2. The van der Waals surface area contributed by atoms with Crippen LogP contribution < -0.4 is 20.3 Å². The number of carbonyl (C=O) groups is 5. The minimum absolute atomic E-state index is 0.105. The lowest BCUT2D eigenvalue weighted by Crippen LogP contribution is -2.55. The summed E-state index contributed by atoms with van der Waals surface area (Å²) in [6.45, 7) is 28.5. The maximum absolute atomic E-state index is 13.5. The molecule has 13 heterocycles. The molecule has 550 valence electrons. The lowest BCUT2D eigenvalue weighted by atomic mass is 9.78. The van der Waals surface area contributed by atoms with Gasteiger partial charge >= 0.3 is 18.1 Å². The van der Waals surface area contributed by atoms with Crippen molar-refractivity contribution in [1.82, 2.24) is 58.7 Å². The Bertz CT molecular complexity index is 4690. The summed E-state index contributed by atoms with van der Waals surface area (Å²) in [6, 6.07) is 27.8. The highest BCUT2D eigenvalue weighted by atomic mass is 35.5. The average molecular weight is 1490 g/mol. The van der Waals surface area contributed by atoms with E-state index in [1.165, 1.54) is 47.7 Å². The number of hydrogen-bond donors (Lipinski definition) is 3. The third kappa shape index (κ3) is 16.0. The first kappa shape index (κ1) is 72.3. The molecule has 3 spiro atoms. The Morgan fingerprint density at radius 3 is 1.55 bits per heavy atom. The summed E-state index contributed by atoms with van der Waals surface area (Å²) in [5, 5.41) is 21.9. The van der Waals surface area contributed by atoms with Gasteiger partial charge in [-0.1, -0.05) is 55.1 Å². The Labute approximate surface area is 620 Å². The topological polar surface area (TPSA) is 241 Å². The van der Waals surface area contributed by atoms with Gasteiger partial charge in [-0.2, -0.15) is 14.0 Å². The van der Waals surface area contributed by atoms with Gasteiger partial charge in [0.1, 0.15) is 0 Å². The Balaban J connectivity index is 0.000000132. The van der Waals surface area contributed by atoms with E-state index in [0.717, 1.165) is 183 Å². The van der Waals surface area contributed by atoms with Crippen LogP contribution in [0.15, 0.2) is 128 Å². The molecule has 16 rings (SSSR count). The smallest absolute Gasteiger partial charge is 0.344 e. The Hall–Kier alpha value is -8.60. The zero-order valence-electron chi connectivity index (χ0n) is 60.0. The maximum atomic E-state index is 13.5. The molecule has 8 aromatic rings. The molecule has 5 aromatic heterocycles. The van der Waals surface area contributed by atoms with Gasteiger partial charge in [0.05, 0.1) is 39.9 Å². The number of piperidine rings is 3. The fraction of sp³-hybridized carbons (Fsp3) is 0.474. The van der Waals surface area contributed by atoms with E-state index in [1.807, 2.05) is 45.6 Å². The standard InChI is InChI=1S/C26H35ClN6O4S.2C25H29N5O2S/c1-38(35,36)29-24-4-8-33(28-24)25(34)31-10-6-26(7-11-31)5-9-30(18-26)13-19-2-3-23(22(27)12-19)32-14-20-16-37-17-21(20)15-32;1-17(2)26-22-7-12-30(27-22)24(32)28-13-9-25(10-14-28)8-4-11-29(25)23(31)21-16-19-6-5-18(3)15-20(19)33-21;1-17(2)26-22-6-10-30(27-22)24(32)28-11-7-25(8-12-28)9-13-29(16-25)23(31)21-15-19-5-4-18(3)14-20(19)33-21/h2-4,8,12,20-21H,5-7,9-11,13-18H2,1H3,(H,28,29);5-7,12,15-16H,1,4,8-11,13-14H2,2-3H3,(H,26,27);4-6,10,14-15H,1,7-9,11-13,16H2,2-3H3,(H,26,27). The Morgan fingerprint density at radius 1 is 0.567 bits per heavy atom. The lowest BCUT2D eigenvalue weighted by molar-refractivity contribution is 0.0424. The van der Waals surface area contributed by atoms with Crippen LogP contribution in [0.25, 0.3) is 20.2 Å². The van der Waals surface area contributed by atoms with Crippen LogP contribution in [-0.4, -0.2) is 207 Å². The first-order chi connectivity index (χ1) is 49.8. The maximum Gasteiger partial charge on any atom is 0.344 e. The zero-order chi connectivity index (χ0) is 72.8. The van der Waals surface area contributed by atoms with Crippen molar-refractivity contribution in [3.8, 4) is 0 Å². The van der Waals surface area contributed by atoms with Crippen LogP contribution in [0, 0.1) is 36.5 Å². The van der Waals surface area contributed by atoms with Gasteiger partial charge in [0.15, 0.2) is 17.5 Å². The predicted molar refractivity (Wildman–Crippen MR) is 410 cm³/mol. The minimum atomic E-state index is -3.44. The number of fused-ring (bicyclic) bond motifs is 3. The van der Waals surface area contributed by atoms with Gasteiger partial charge in [-0.25, -0.2) is 22.8 Å². The highest BCUT2D eigenvalue weighted by molar-refractivity contribution is 7.92. The van der Waals surface area contributed by atoms with E-state index in [4.69, 9.17) is 16.3 Å². The van der Waals surface area contributed by atoms with Crippen LogP contribution in [-0.2, 0) is 21.3 Å². The quantitative estimate of drug-likeness (QED) is 0.109. The number of anilines is 4. The average Bonchev–Trinajstić information content (AvgIpc) is 1.59. The molecule has 8 fully saturated rings. The molecule has 3 aromatic carbocycles. The van der Waals surface area contributed by atoms with Gasteiger partial charge in [0, 0.05) is 160 Å². The first-order valence-corrected chi connectivity index (χ1v) is 40.1. The molecule has 24 nitrogen and oxygen atoms in total. The van der Waals surface area contributed by atoms with Crippen molar-refractivity contribution in [2.45, 2.75) is 104 Å². The van der Waals surface area contributed by atoms with E-state index in [-0.39, 0.29) is 52.1 Å². The summed E-state index contributed by atoms with van der Waals surface area (Å²) >= 11 is 9.92. The third-order valence-electron chi connectivity index (χ3n) is 22.3. The number of halogens is 1. The number of carbonyl (C=O) groups excluding carboxylic acids is 5. The van der Waals surface area contributed by atoms with Crippen molar-refractivity contribution in [1.29, 1.82) is 0 Å². The number of nitrogens with zero attached hydrogens (tertiary/aromatic N) is 13. The Kier molecular flexibility index (Phi) is 20.7. The zero-order valence-corrected chi connectivity index (χ0v) is 63.2. The molecule has 2 unspecified atom stereocenters. The van der Waals surface area contributed by atoms with Crippen molar-refractivity contribution in [2.75, 3.05) is 125 Å². The monoisotopic (exact) mass is 1490 g/mol. The number of hydrogen-bond acceptors (Lipinski definition) is 17. The molecule has 0 bridgehead atoms. The molecular formula is C76H93ClN16O8S3. The number of nitrogens with one attached hydrogen (secondary N) is 3. The molecule has 3 N–H and O–H groups in total. The summed E-state index contributed by atoms with van der Waals surface area (Å²) in [7, 11) is -3.44. The summed E-state index contributed by atoms with van der Waals surface area (Å²) in [6.07, 6.45) is 15.4. The van der Waals surface area contributed by atoms with Crippen LogP contribution >= 0.6 is 34.3 Å². The molecule has 0 radical (unpaired) electrons. The van der Waals surface area contributed by atoms with Gasteiger partial charge in [-0.15, -0.1) is 38.0 Å². The van der Waals surface area contributed by atoms with Crippen LogP contribution in [0.4, 0.5) is 37.5 Å². The molecule has 8 saturated heterocycles. The van der Waals surface area contributed by atoms with Crippen molar-refractivity contribution in [2.24, 2.45) is 22.7 Å². The largest absolute Gasteiger partial charge is 0.381 e. The van der Waals surface area contributed by atoms with E-state index < -0.39 is 10.0 Å². The van der Waals surface area contributed by atoms with Gasteiger partial charge in [-0.3, -0.25) is 19.2 Å². The number of aryl methyl sites for hydroxylation is 2. The second-order valence-electron chi connectivity index (χ2n) is 30.2. The normalized spacial score (nSPS) is 20.4. The van der Waals surface area contributed by atoms with Crippen molar-refractivity contribution in [3.63, 3.8) is 0 Å².